The van der Waals surface area contributed by atoms with Crippen LogP contribution in [0.3, 0.4) is 0 Å². The van der Waals surface area contributed by atoms with Crippen LogP contribution in [0.2, 0.25) is 10.0 Å². The number of aliphatic hydroxyl groups excluding tert-OH is 1. The number of allylic oxidation sites excluding steroid dienone is 2. The minimum Gasteiger partial charge on any atom is -0.507 e. The normalized spacial score (nSPS) is 11.8. The standard InChI is InChI=1S/C17H12Cl2O3/c18-12-4-1-11(2-5-12)3-7-14(20)10-17(22)15-9-13(19)6-8-16(15)21/h1-10,21-22H/b7-3+,17-10?. The Morgan fingerprint density at radius 3 is 2.32 bits per heavy atom. The molecule has 2 rings (SSSR count). The maximum absolute atomic E-state index is 11.8. The van der Waals surface area contributed by atoms with Crippen LogP contribution in [0.25, 0.3) is 11.8 Å². The first-order chi connectivity index (χ1) is 10.5. The maximum atomic E-state index is 11.8. The zero-order valence-corrected chi connectivity index (χ0v) is 12.8. The monoisotopic (exact) mass is 334 g/mol. The first-order valence-electron chi connectivity index (χ1n) is 6.33. The highest BCUT2D eigenvalue weighted by Crippen LogP contribution is 2.26. The summed E-state index contributed by atoms with van der Waals surface area (Å²) < 4.78 is 0. The Kier molecular flexibility index (Phi) is 5.26. The zero-order valence-electron chi connectivity index (χ0n) is 11.3. The van der Waals surface area contributed by atoms with Crippen LogP contribution in [0.1, 0.15) is 11.1 Å². The number of rotatable bonds is 4. The van der Waals surface area contributed by atoms with Crippen LogP contribution >= 0.6 is 23.2 Å². The Bertz CT molecular complexity index is 747. The van der Waals surface area contributed by atoms with Crippen LogP contribution in [-0.2, 0) is 4.79 Å². The summed E-state index contributed by atoms with van der Waals surface area (Å²) in [4.78, 5) is 11.8. The third-order valence-electron chi connectivity index (χ3n) is 2.82. The zero-order chi connectivity index (χ0) is 16.1. The predicted molar refractivity (Wildman–Crippen MR) is 89.2 cm³/mol. The molecule has 0 unspecified atom stereocenters. The van der Waals surface area contributed by atoms with Gasteiger partial charge in [-0.1, -0.05) is 41.4 Å². The summed E-state index contributed by atoms with van der Waals surface area (Å²) in [5.74, 6) is -0.940. The fourth-order valence-electron chi connectivity index (χ4n) is 1.73. The average Bonchev–Trinajstić information content (AvgIpc) is 2.49. The van der Waals surface area contributed by atoms with Crippen LogP contribution in [0.4, 0.5) is 0 Å². The van der Waals surface area contributed by atoms with Crippen LogP contribution in [-0.4, -0.2) is 16.0 Å². The molecule has 2 aromatic rings. The van der Waals surface area contributed by atoms with E-state index >= 15 is 0 Å². The molecule has 2 N–H and O–H groups in total. The second-order valence-electron chi connectivity index (χ2n) is 4.48. The van der Waals surface area contributed by atoms with E-state index in [1.165, 1.54) is 24.3 Å². The molecule has 0 bridgehead atoms. The second-order valence-corrected chi connectivity index (χ2v) is 5.35. The average molecular weight is 335 g/mol. The van der Waals surface area contributed by atoms with Gasteiger partial charge >= 0.3 is 0 Å². The van der Waals surface area contributed by atoms with Gasteiger partial charge in [0.1, 0.15) is 11.5 Å². The van der Waals surface area contributed by atoms with Gasteiger partial charge in [0.2, 0.25) is 0 Å². The van der Waals surface area contributed by atoms with Gasteiger partial charge in [0, 0.05) is 16.1 Å². The van der Waals surface area contributed by atoms with E-state index in [1.54, 1.807) is 30.3 Å². The van der Waals surface area contributed by atoms with Crippen molar-refractivity contribution in [2.45, 2.75) is 0 Å². The summed E-state index contributed by atoms with van der Waals surface area (Å²) in [5, 5.41) is 20.5. The molecule has 0 saturated carbocycles. The summed E-state index contributed by atoms with van der Waals surface area (Å²) in [6.07, 6.45) is 3.92. The van der Waals surface area contributed by atoms with Crippen LogP contribution in [0, 0.1) is 0 Å². The van der Waals surface area contributed by atoms with E-state index in [1.807, 2.05) is 0 Å². The van der Waals surface area contributed by atoms with Crippen molar-refractivity contribution in [2.24, 2.45) is 0 Å². The van der Waals surface area contributed by atoms with Gasteiger partial charge in [-0.15, -0.1) is 0 Å². The molecule has 0 aliphatic heterocycles. The van der Waals surface area contributed by atoms with Crippen molar-refractivity contribution in [3.63, 3.8) is 0 Å². The molecule has 0 radical (unpaired) electrons. The lowest BCUT2D eigenvalue weighted by Crippen LogP contribution is -1.91. The molecule has 0 saturated heterocycles. The number of aromatic hydroxyl groups is 1. The van der Waals surface area contributed by atoms with E-state index in [2.05, 4.69) is 0 Å². The number of halogens is 2. The van der Waals surface area contributed by atoms with Gasteiger partial charge in [0.05, 0.1) is 5.56 Å². The Morgan fingerprint density at radius 1 is 1.00 bits per heavy atom. The summed E-state index contributed by atoms with van der Waals surface area (Å²) >= 11 is 11.6. The summed E-state index contributed by atoms with van der Waals surface area (Å²) in [6.45, 7) is 0. The second kappa shape index (κ2) is 7.16. The lowest BCUT2D eigenvalue weighted by molar-refractivity contribution is -0.110. The molecule has 0 aromatic heterocycles. The number of hydrogen-bond acceptors (Lipinski definition) is 3. The van der Waals surface area contributed by atoms with Gasteiger partial charge in [-0.3, -0.25) is 4.79 Å². The maximum Gasteiger partial charge on any atom is 0.182 e. The molecule has 0 aliphatic rings. The fourth-order valence-corrected chi connectivity index (χ4v) is 2.02. The molecule has 2 aromatic carbocycles. The smallest absolute Gasteiger partial charge is 0.182 e. The molecule has 0 spiro atoms. The Morgan fingerprint density at radius 2 is 1.64 bits per heavy atom. The molecule has 3 nitrogen and oxygen atoms in total. The quantitative estimate of drug-likeness (QED) is 0.618. The minimum atomic E-state index is -0.424. The molecular formula is C17H12Cl2O3. The Labute approximate surface area is 137 Å². The van der Waals surface area contributed by atoms with E-state index in [4.69, 9.17) is 23.2 Å². The van der Waals surface area contributed by atoms with Crippen molar-refractivity contribution >= 4 is 40.8 Å². The number of carbonyl (C=O) groups excluding carboxylic acids is 1. The minimum absolute atomic E-state index is 0.0979. The summed E-state index contributed by atoms with van der Waals surface area (Å²) in [7, 11) is 0. The first-order valence-corrected chi connectivity index (χ1v) is 7.08. The molecule has 112 valence electrons. The fraction of sp³-hybridized carbons (Fsp3) is 0. The van der Waals surface area contributed by atoms with Crippen LogP contribution in [0.15, 0.2) is 54.6 Å². The van der Waals surface area contributed by atoms with Crippen LogP contribution < -0.4 is 0 Å². The third-order valence-corrected chi connectivity index (χ3v) is 3.31. The topological polar surface area (TPSA) is 57.5 Å². The van der Waals surface area contributed by atoms with Crippen molar-refractivity contribution in [1.82, 2.24) is 0 Å². The van der Waals surface area contributed by atoms with Crippen molar-refractivity contribution in [1.29, 1.82) is 0 Å². The molecule has 0 atom stereocenters. The number of phenolic OH excluding ortho intramolecular Hbond substituents is 1. The van der Waals surface area contributed by atoms with Gasteiger partial charge in [-0.2, -0.15) is 0 Å². The van der Waals surface area contributed by atoms with E-state index in [9.17, 15) is 15.0 Å². The van der Waals surface area contributed by atoms with Crippen molar-refractivity contribution in [3.05, 3.63) is 75.8 Å². The number of aliphatic hydroxyl groups is 1. The lowest BCUT2D eigenvalue weighted by Gasteiger charge is -2.03. The van der Waals surface area contributed by atoms with E-state index in [0.717, 1.165) is 11.6 Å². The van der Waals surface area contributed by atoms with E-state index < -0.39 is 5.78 Å². The van der Waals surface area contributed by atoms with E-state index in [0.29, 0.717) is 10.0 Å². The van der Waals surface area contributed by atoms with Crippen molar-refractivity contribution in [3.8, 4) is 5.75 Å². The number of ketones is 1. The third kappa shape index (κ3) is 4.38. The molecular weight excluding hydrogens is 323 g/mol. The molecule has 0 heterocycles. The van der Waals surface area contributed by atoms with Gasteiger partial charge in [-0.05, 0) is 42.0 Å². The van der Waals surface area contributed by atoms with Gasteiger partial charge in [0.25, 0.3) is 0 Å². The largest absolute Gasteiger partial charge is 0.507 e. The number of benzene rings is 2. The van der Waals surface area contributed by atoms with Crippen molar-refractivity contribution < 1.29 is 15.0 Å². The highest BCUT2D eigenvalue weighted by atomic mass is 35.5. The molecule has 0 aliphatic carbocycles. The molecule has 5 heteroatoms. The van der Waals surface area contributed by atoms with Gasteiger partial charge in [-0.25, -0.2) is 0 Å². The first kappa shape index (κ1) is 16.1. The Hall–Kier alpha value is -2.23. The van der Waals surface area contributed by atoms with Gasteiger partial charge in [0.15, 0.2) is 5.78 Å². The van der Waals surface area contributed by atoms with E-state index in [-0.39, 0.29) is 17.1 Å². The van der Waals surface area contributed by atoms with Crippen molar-refractivity contribution in [2.75, 3.05) is 0 Å². The molecule has 22 heavy (non-hydrogen) atoms. The summed E-state index contributed by atoms with van der Waals surface area (Å²) in [6, 6.07) is 11.1. The molecule has 0 amide bonds. The molecule has 0 fully saturated rings. The lowest BCUT2D eigenvalue weighted by atomic mass is 10.1. The number of phenols is 1. The Balaban J connectivity index is 2.15. The number of hydrogen-bond donors (Lipinski definition) is 2. The predicted octanol–water partition coefficient (Wildman–Crippen LogP) is 4.88. The summed E-state index contributed by atoms with van der Waals surface area (Å²) in [5.41, 5.74) is 0.900. The SMILES string of the molecule is O=C(C=C(O)c1cc(Cl)ccc1O)/C=C/c1ccc(Cl)cc1. The highest BCUT2D eigenvalue weighted by Gasteiger charge is 2.08. The van der Waals surface area contributed by atoms with Crippen LogP contribution in [0.5, 0.6) is 5.75 Å². The highest BCUT2D eigenvalue weighted by molar-refractivity contribution is 6.31. The number of carbonyl (C=O) groups is 1. The van der Waals surface area contributed by atoms with Gasteiger partial charge < -0.3 is 10.2 Å².